The highest BCUT2D eigenvalue weighted by atomic mass is 19.1. The fourth-order valence-corrected chi connectivity index (χ4v) is 6.18. The summed E-state index contributed by atoms with van der Waals surface area (Å²) in [6, 6.07) is 14.2. The number of amides is 2. The van der Waals surface area contributed by atoms with Crippen molar-refractivity contribution in [2.24, 2.45) is 11.8 Å². The van der Waals surface area contributed by atoms with Crippen molar-refractivity contribution in [3.63, 3.8) is 0 Å². The van der Waals surface area contributed by atoms with Gasteiger partial charge < -0.3 is 14.6 Å². The van der Waals surface area contributed by atoms with Crippen LogP contribution in [-0.2, 0) is 14.3 Å². The van der Waals surface area contributed by atoms with E-state index in [1.165, 1.54) is 24.3 Å². The number of aliphatic hydroxyl groups is 1. The van der Waals surface area contributed by atoms with Crippen molar-refractivity contribution >= 4 is 28.4 Å². The molecule has 182 valence electrons. The zero-order valence-electron chi connectivity index (χ0n) is 19.3. The Kier molecular flexibility index (Phi) is 4.90. The molecule has 3 aliphatic rings. The van der Waals surface area contributed by atoms with Crippen LogP contribution in [0.3, 0.4) is 0 Å². The first-order valence-electron chi connectivity index (χ1n) is 11.7. The van der Waals surface area contributed by atoms with Gasteiger partial charge in [-0.25, -0.2) is 9.29 Å². The maximum absolute atomic E-state index is 13.9. The molecule has 1 N–H and O–H groups in total. The number of hydrogen-bond acceptors (Lipinski definition) is 7. The first kappa shape index (κ1) is 22.6. The second kappa shape index (κ2) is 7.82. The van der Waals surface area contributed by atoms with Gasteiger partial charge in [0.05, 0.1) is 46.9 Å². The SMILES string of the molecule is CC12OC(CCOc3ccc(F)cc3)(CC1O)C1C(=O)N(c3ccc(C#N)c4ncccc34)C(=O)C12. The van der Waals surface area contributed by atoms with Crippen molar-refractivity contribution in [2.75, 3.05) is 11.5 Å². The van der Waals surface area contributed by atoms with Crippen molar-refractivity contribution in [1.82, 2.24) is 4.98 Å². The molecule has 8 nitrogen and oxygen atoms in total. The molecule has 5 unspecified atom stereocenters. The zero-order chi connectivity index (χ0) is 25.2. The zero-order valence-corrected chi connectivity index (χ0v) is 19.3. The lowest BCUT2D eigenvalue weighted by Crippen LogP contribution is -2.49. The summed E-state index contributed by atoms with van der Waals surface area (Å²) < 4.78 is 25.3. The van der Waals surface area contributed by atoms with E-state index < -0.39 is 41.0 Å². The Balaban J connectivity index is 1.35. The molecule has 2 amide bonds. The molecule has 36 heavy (non-hydrogen) atoms. The van der Waals surface area contributed by atoms with E-state index in [0.717, 1.165) is 4.90 Å². The number of anilines is 1. The molecule has 5 atom stereocenters. The Morgan fingerprint density at radius 2 is 1.94 bits per heavy atom. The number of fused-ring (bicyclic) bond motifs is 6. The van der Waals surface area contributed by atoms with Gasteiger partial charge in [-0.1, -0.05) is 0 Å². The lowest BCUT2D eigenvalue weighted by atomic mass is 9.66. The average Bonchev–Trinajstić information content (AvgIpc) is 3.41. The number of hydrogen-bond donors (Lipinski definition) is 1. The van der Waals surface area contributed by atoms with Gasteiger partial charge in [-0.15, -0.1) is 0 Å². The number of imide groups is 1. The number of pyridine rings is 1. The van der Waals surface area contributed by atoms with Gasteiger partial charge in [-0.05, 0) is 55.5 Å². The van der Waals surface area contributed by atoms with Crippen molar-refractivity contribution in [3.8, 4) is 11.8 Å². The number of nitrogens with zero attached hydrogens (tertiary/aromatic N) is 3. The number of nitriles is 1. The number of aromatic nitrogens is 1. The summed E-state index contributed by atoms with van der Waals surface area (Å²) in [7, 11) is 0. The van der Waals surface area contributed by atoms with Crippen LogP contribution in [0.4, 0.5) is 10.1 Å². The molecule has 3 saturated heterocycles. The standard InChI is InChI=1S/C27H22FN3O5/c1-26-20(32)13-27(36-26,10-12-35-17-7-5-16(28)6-8-17)22-21(26)24(33)31(25(22)34)19-9-4-15(14-29)23-18(19)3-2-11-30-23/h2-9,11,20-22,32H,10,12-13H2,1H3. The molecule has 6 rings (SSSR count). The minimum Gasteiger partial charge on any atom is -0.493 e. The highest BCUT2D eigenvalue weighted by molar-refractivity contribution is 6.26. The van der Waals surface area contributed by atoms with Crippen LogP contribution in [0.15, 0.2) is 54.7 Å². The molecule has 1 aromatic heterocycles. The van der Waals surface area contributed by atoms with Crippen LogP contribution in [-0.4, -0.2) is 45.8 Å². The van der Waals surface area contributed by atoms with Crippen molar-refractivity contribution in [1.29, 1.82) is 5.26 Å². The second-order valence-corrected chi connectivity index (χ2v) is 9.73. The molecule has 4 heterocycles. The van der Waals surface area contributed by atoms with Crippen LogP contribution in [0.1, 0.15) is 25.3 Å². The predicted octanol–water partition coefficient (Wildman–Crippen LogP) is 3.11. The molecule has 2 bridgehead atoms. The number of carbonyl (C=O) groups is 2. The van der Waals surface area contributed by atoms with Crippen molar-refractivity contribution in [3.05, 3.63) is 66.1 Å². The van der Waals surface area contributed by atoms with Crippen molar-refractivity contribution in [2.45, 2.75) is 37.1 Å². The summed E-state index contributed by atoms with van der Waals surface area (Å²) in [5, 5.41) is 20.9. The molecule has 0 aliphatic carbocycles. The van der Waals surface area contributed by atoms with Gasteiger partial charge in [0.1, 0.15) is 23.2 Å². The summed E-state index contributed by atoms with van der Waals surface area (Å²) in [5.74, 6) is -2.41. The third-order valence-electron chi connectivity index (χ3n) is 7.83. The van der Waals surface area contributed by atoms with Gasteiger partial charge in [0.25, 0.3) is 0 Å². The van der Waals surface area contributed by atoms with Crippen LogP contribution in [0.2, 0.25) is 0 Å². The molecule has 2 aromatic carbocycles. The summed E-state index contributed by atoms with van der Waals surface area (Å²) in [5.41, 5.74) is -1.20. The molecule has 9 heteroatoms. The van der Waals surface area contributed by atoms with E-state index in [1.54, 1.807) is 37.4 Å². The summed E-state index contributed by atoms with van der Waals surface area (Å²) >= 11 is 0. The van der Waals surface area contributed by atoms with Crippen LogP contribution in [0, 0.1) is 29.0 Å². The lowest BCUT2D eigenvalue weighted by molar-refractivity contribution is -0.134. The van der Waals surface area contributed by atoms with Crippen LogP contribution >= 0.6 is 0 Å². The van der Waals surface area contributed by atoms with E-state index in [4.69, 9.17) is 9.47 Å². The summed E-state index contributed by atoms with van der Waals surface area (Å²) in [6.45, 7) is 1.83. The fourth-order valence-electron chi connectivity index (χ4n) is 6.18. The monoisotopic (exact) mass is 487 g/mol. The smallest absolute Gasteiger partial charge is 0.240 e. The fraction of sp³-hybridized carbons (Fsp3) is 0.333. The minimum atomic E-state index is -1.22. The predicted molar refractivity (Wildman–Crippen MR) is 125 cm³/mol. The van der Waals surface area contributed by atoms with Crippen LogP contribution in [0.25, 0.3) is 10.9 Å². The number of aliphatic hydroxyl groups excluding tert-OH is 1. The van der Waals surface area contributed by atoms with Gasteiger partial charge in [0.15, 0.2) is 0 Å². The Morgan fingerprint density at radius 1 is 1.19 bits per heavy atom. The molecule has 0 radical (unpaired) electrons. The Bertz CT molecular complexity index is 1450. The number of rotatable bonds is 5. The van der Waals surface area contributed by atoms with Gasteiger partial charge in [0.2, 0.25) is 11.8 Å². The quantitative estimate of drug-likeness (QED) is 0.550. The summed E-state index contributed by atoms with van der Waals surface area (Å²) in [4.78, 5) is 33.1. The molecule has 0 saturated carbocycles. The van der Waals surface area contributed by atoms with Gasteiger partial charge >= 0.3 is 0 Å². The Hall–Kier alpha value is -3.87. The molecular weight excluding hydrogens is 465 g/mol. The maximum Gasteiger partial charge on any atom is 0.240 e. The molecular formula is C27H22FN3O5. The molecule has 3 fully saturated rings. The number of ether oxygens (including phenoxy) is 2. The normalized spacial score (nSPS) is 30.6. The topological polar surface area (TPSA) is 113 Å². The molecule has 3 aliphatic heterocycles. The molecule has 3 aromatic rings. The highest BCUT2D eigenvalue weighted by Crippen LogP contribution is 2.62. The van der Waals surface area contributed by atoms with Crippen molar-refractivity contribution < 1.29 is 28.6 Å². The first-order valence-corrected chi connectivity index (χ1v) is 11.7. The number of halogens is 1. The molecule has 0 spiro atoms. The highest BCUT2D eigenvalue weighted by Gasteiger charge is 2.77. The first-order chi connectivity index (χ1) is 17.3. The lowest BCUT2D eigenvalue weighted by Gasteiger charge is -2.33. The van der Waals surface area contributed by atoms with Gasteiger partial charge in [0, 0.05) is 24.4 Å². The van der Waals surface area contributed by atoms with E-state index in [9.17, 15) is 24.3 Å². The van der Waals surface area contributed by atoms with E-state index in [1.807, 2.05) is 0 Å². The second-order valence-electron chi connectivity index (χ2n) is 9.73. The minimum absolute atomic E-state index is 0.156. The van der Waals surface area contributed by atoms with Gasteiger partial charge in [-0.3, -0.25) is 14.6 Å². The van der Waals surface area contributed by atoms with E-state index in [2.05, 4.69) is 11.1 Å². The Morgan fingerprint density at radius 3 is 2.69 bits per heavy atom. The van der Waals surface area contributed by atoms with Crippen LogP contribution < -0.4 is 9.64 Å². The maximum atomic E-state index is 13.9. The van der Waals surface area contributed by atoms with E-state index >= 15 is 0 Å². The van der Waals surface area contributed by atoms with E-state index in [0.29, 0.717) is 27.9 Å². The number of benzene rings is 2. The van der Waals surface area contributed by atoms with E-state index in [-0.39, 0.29) is 25.3 Å². The van der Waals surface area contributed by atoms with Crippen LogP contribution in [0.5, 0.6) is 5.75 Å². The van der Waals surface area contributed by atoms with Gasteiger partial charge in [-0.2, -0.15) is 5.26 Å². The largest absolute Gasteiger partial charge is 0.493 e. The third-order valence-corrected chi connectivity index (χ3v) is 7.83. The average molecular weight is 487 g/mol. The third kappa shape index (κ3) is 3.01. The summed E-state index contributed by atoms with van der Waals surface area (Å²) in [6.07, 6.45) is 1.08. The Labute approximate surface area is 205 Å². The number of carbonyl (C=O) groups excluding carboxylic acids is 2.